The van der Waals surface area contributed by atoms with E-state index in [1.54, 1.807) is 0 Å². The zero-order valence-electron chi connectivity index (χ0n) is 10.2. The quantitative estimate of drug-likeness (QED) is 0.827. The summed E-state index contributed by atoms with van der Waals surface area (Å²) in [4.78, 5) is 9.17. The van der Waals surface area contributed by atoms with E-state index in [0.717, 1.165) is 31.0 Å². The molecule has 0 aliphatic carbocycles. The first-order valence-corrected chi connectivity index (χ1v) is 5.81. The van der Waals surface area contributed by atoms with Crippen LogP contribution in [0.4, 0.5) is 0 Å². The molecule has 1 aliphatic rings. The molecule has 0 saturated carbocycles. The molecular weight excluding hydrogens is 202 g/mol. The molecule has 0 aromatic carbocycles. The molecule has 88 valence electrons. The highest BCUT2D eigenvalue weighted by Crippen LogP contribution is 2.17. The van der Waals surface area contributed by atoms with E-state index in [1.165, 1.54) is 11.3 Å². The van der Waals surface area contributed by atoms with Crippen molar-refractivity contribution in [3.8, 4) is 0 Å². The summed E-state index contributed by atoms with van der Waals surface area (Å²) in [5.41, 5.74) is 3.44. The fraction of sp³-hybridized carbons (Fsp3) is 0.667. The maximum absolute atomic E-state index is 5.43. The third-order valence-electron chi connectivity index (χ3n) is 3.06. The second-order valence-corrected chi connectivity index (χ2v) is 4.35. The van der Waals surface area contributed by atoms with Gasteiger partial charge in [-0.2, -0.15) is 0 Å². The Morgan fingerprint density at radius 1 is 1.44 bits per heavy atom. The van der Waals surface area contributed by atoms with E-state index >= 15 is 0 Å². The Morgan fingerprint density at radius 3 is 3.00 bits per heavy atom. The van der Waals surface area contributed by atoms with E-state index in [2.05, 4.69) is 22.2 Å². The number of fused-ring (bicyclic) bond motifs is 1. The summed E-state index contributed by atoms with van der Waals surface area (Å²) in [6, 6.07) is 0.414. The molecule has 2 heterocycles. The first kappa shape index (κ1) is 11.5. The number of hydrogen-bond donors (Lipinski definition) is 1. The van der Waals surface area contributed by atoms with Crippen LogP contribution in [0.25, 0.3) is 0 Å². The molecule has 1 aromatic rings. The van der Waals surface area contributed by atoms with Crippen molar-refractivity contribution in [3.05, 3.63) is 22.8 Å². The Hall–Kier alpha value is -1.00. The minimum Gasteiger partial charge on any atom is -0.376 e. The molecule has 0 radical (unpaired) electrons. The highest BCUT2D eigenvalue weighted by molar-refractivity contribution is 5.26. The molecule has 0 saturated heterocycles. The Labute approximate surface area is 96.4 Å². The van der Waals surface area contributed by atoms with E-state index in [9.17, 15) is 0 Å². The average Bonchev–Trinajstić information content (AvgIpc) is 2.29. The normalized spacial score (nSPS) is 16.9. The third kappa shape index (κ3) is 2.39. The maximum atomic E-state index is 5.43. The van der Waals surface area contributed by atoms with Gasteiger partial charge < -0.3 is 10.1 Å². The van der Waals surface area contributed by atoms with Gasteiger partial charge in [-0.15, -0.1) is 0 Å². The van der Waals surface area contributed by atoms with Gasteiger partial charge in [0.15, 0.2) is 0 Å². The lowest BCUT2D eigenvalue weighted by atomic mass is 10.1. The topological polar surface area (TPSA) is 47.0 Å². The van der Waals surface area contributed by atoms with Crippen LogP contribution >= 0.6 is 0 Å². The van der Waals surface area contributed by atoms with Crippen molar-refractivity contribution in [1.82, 2.24) is 15.3 Å². The predicted octanol–water partition coefficient (Wildman–Crippen LogP) is 1.01. The van der Waals surface area contributed by atoms with Gasteiger partial charge in [0.05, 0.1) is 18.9 Å². The number of likely N-dealkylation sites (N-methyl/N-ethyl adjacent to an activating group) is 1. The highest BCUT2D eigenvalue weighted by Gasteiger charge is 2.16. The molecule has 2 rings (SSSR count). The van der Waals surface area contributed by atoms with Gasteiger partial charge in [-0.1, -0.05) is 0 Å². The Bertz CT molecular complexity index is 379. The molecule has 16 heavy (non-hydrogen) atoms. The monoisotopic (exact) mass is 221 g/mol. The molecule has 0 fully saturated rings. The van der Waals surface area contributed by atoms with E-state index in [4.69, 9.17) is 4.74 Å². The van der Waals surface area contributed by atoms with Crippen LogP contribution in [-0.4, -0.2) is 29.7 Å². The second kappa shape index (κ2) is 4.89. The van der Waals surface area contributed by atoms with Crippen LogP contribution in [0.5, 0.6) is 0 Å². The summed E-state index contributed by atoms with van der Waals surface area (Å²) < 4.78 is 5.43. The number of hydrogen-bond acceptors (Lipinski definition) is 4. The first-order valence-electron chi connectivity index (χ1n) is 5.81. The molecule has 1 atom stereocenters. The van der Waals surface area contributed by atoms with Gasteiger partial charge in [0.25, 0.3) is 0 Å². The van der Waals surface area contributed by atoms with Gasteiger partial charge in [-0.3, -0.25) is 0 Å². The van der Waals surface area contributed by atoms with Crippen LogP contribution in [0, 0.1) is 6.92 Å². The molecule has 1 N–H and O–H groups in total. The molecule has 4 heteroatoms. The van der Waals surface area contributed by atoms with Crippen LogP contribution in [0.15, 0.2) is 0 Å². The van der Waals surface area contributed by atoms with E-state index in [-0.39, 0.29) is 0 Å². The van der Waals surface area contributed by atoms with Crippen molar-refractivity contribution in [2.45, 2.75) is 39.3 Å². The minimum absolute atomic E-state index is 0.414. The van der Waals surface area contributed by atoms with Gasteiger partial charge in [0, 0.05) is 30.1 Å². The fourth-order valence-corrected chi connectivity index (χ4v) is 1.92. The maximum Gasteiger partial charge on any atom is 0.130 e. The van der Waals surface area contributed by atoms with Gasteiger partial charge >= 0.3 is 0 Å². The highest BCUT2D eigenvalue weighted by atomic mass is 16.5. The second-order valence-electron chi connectivity index (χ2n) is 4.35. The van der Waals surface area contributed by atoms with Gasteiger partial charge in [0.1, 0.15) is 5.82 Å². The predicted molar refractivity (Wildman–Crippen MR) is 62.4 cm³/mol. The Kier molecular flexibility index (Phi) is 3.51. The number of aryl methyl sites for hydroxylation is 1. The zero-order valence-corrected chi connectivity index (χ0v) is 10.2. The summed E-state index contributed by atoms with van der Waals surface area (Å²) in [6.45, 7) is 5.64. The fourth-order valence-electron chi connectivity index (χ4n) is 1.92. The van der Waals surface area contributed by atoms with Crippen molar-refractivity contribution >= 4 is 0 Å². The van der Waals surface area contributed by atoms with Crippen molar-refractivity contribution < 1.29 is 4.74 Å². The molecule has 1 unspecified atom stereocenters. The van der Waals surface area contributed by atoms with Crippen molar-refractivity contribution in [1.29, 1.82) is 0 Å². The molecule has 1 aromatic heterocycles. The smallest absolute Gasteiger partial charge is 0.130 e. The molecule has 0 spiro atoms. The molecule has 4 nitrogen and oxygen atoms in total. The van der Waals surface area contributed by atoms with Crippen molar-refractivity contribution in [3.63, 3.8) is 0 Å². The van der Waals surface area contributed by atoms with Gasteiger partial charge in [-0.25, -0.2) is 9.97 Å². The summed E-state index contributed by atoms with van der Waals surface area (Å²) in [7, 11) is 1.96. The first-order chi connectivity index (χ1) is 7.70. The lowest BCUT2D eigenvalue weighted by Crippen LogP contribution is -2.26. The van der Waals surface area contributed by atoms with Crippen molar-refractivity contribution in [2.24, 2.45) is 0 Å². The van der Waals surface area contributed by atoms with E-state index < -0.39 is 0 Å². The molecule has 0 amide bonds. The SMILES string of the molecule is CNC(C)Cc1nc(C)c2c(n1)CCOC2. The van der Waals surface area contributed by atoms with E-state index in [1.807, 2.05) is 14.0 Å². The number of nitrogens with zero attached hydrogens (tertiary/aromatic N) is 2. The van der Waals surface area contributed by atoms with Crippen LogP contribution in [0.1, 0.15) is 29.7 Å². The van der Waals surface area contributed by atoms with Gasteiger partial charge in [-0.05, 0) is 20.9 Å². The Balaban J connectivity index is 2.24. The Morgan fingerprint density at radius 2 is 2.25 bits per heavy atom. The van der Waals surface area contributed by atoms with Crippen molar-refractivity contribution in [2.75, 3.05) is 13.7 Å². The lowest BCUT2D eigenvalue weighted by Gasteiger charge is -2.19. The van der Waals surface area contributed by atoms with Crippen LogP contribution in [0.2, 0.25) is 0 Å². The summed E-state index contributed by atoms with van der Waals surface area (Å²) in [5, 5.41) is 3.21. The lowest BCUT2D eigenvalue weighted by molar-refractivity contribution is 0.108. The standard InChI is InChI=1S/C12H19N3O/c1-8(13-3)6-12-14-9(2)10-7-16-5-4-11(10)15-12/h8,13H,4-7H2,1-3H3. The zero-order chi connectivity index (χ0) is 11.5. The van der Waals surface area contributed by atoms with Crippen LogP contribution in [0.3, 0.4) is 0 Å². The summed E-state index contributed by atoms with van der Waals surface area (Å²) in [5.74, 6) is 0.944. The number of nitrogens with one attached hydrogen (secondary N) is 1. The van der Waals surface area contributed by atoms with E-state index in [0.29, 0.717) is 12.6 Å². The molecule has 1 aliphatic heterocycles. The summed E-state index contributed by atoms with van der Waals surface area (Å²) >= 11 is 0. The minimum atomic E-state index is 0.414. The third-order valence-corrected chi connectivity index (χ3v) is 3.06. The molecular formula is C12H19N3O. The van der Waals surface area contributed by atoms with Gasteiger partial charge in [0.2, 0.25) is 0 Å². The number of aromatic nitrogens is 2. The van der Waals surface area contributed by atoms with Crippen LogP contribution in [-0.2, 0) is 24.2 Å². The number of rotatable bonds is 3. The largest absolute Gasteiger partial charge is 0.376 e. The summed E-state index contributed by atoms with van der Waals surface area (Å²) in [6.07, 6.45) is 1.80. The number of ether oxygens (including phenoxy) is 1. The van der Waals surface area contributed by atoms with Crippen LogP contribution < -0.4 is 5.32 Å². The average molecular weight is 221 g/mol. The molecule has 0 bridgehead atoms.